The zero-order chi connectivity index (χ0) is 24.1. The minimum absolute atomic E-state index is 0.260. The molecule has 5 rings (SSSR count). The number of likely N-dealkylation sites (N-methyl/N-ethyl adjacent to an activating group) is 1. The summed E-state index contributed by atoms with van der Waals surface area (Å²) < 4.78 is 16.0. The number of carbonyl (C=O) groups excluding carboxylic acids is 1. The summed E-state index contributed by atoms with van der Waals surface area (Å²) in [6, 6.07) is 3.67. The van der Waals surface area contributed by atoms with Gasteiger partial charge in [0.25, 0.3) is 5.91 Å². The van der Waals surface area contributed by atoms with Crippen molar-refractivity contribution in [3.8, 4) is 0 Å². The Balaban J connectivity index is 1.52. The molecule has 1 aliphatic heterocycles. The Labute approximate surface area is 196 Å². The third-order valence-corrected chi connectivity index (χ3v) is 6.56. The second-order valence-corrected chi connectivity index (χ2v) is 9.10. The van der Waals surface area contributed by atoms with Gasteiger partial charge in [0.05, 0.1) is 16.5 Å². The van der Waals surface area contributed by atoms with Crippen molar-refractivity contribution >= 4 is 39.2 Å². The lowest BCUT2D eigenvalue weighted by Crippen LogP contribution is -2.55. The number of hydrogen-bond donors (Lipinski definition) is 1. The summed E-state index contributed by atoms with van der Waals surface area (Å²) in [4.78, 5) is 31.4. The molecule has 0 bridgehead atoms. The molecule has 1 fully saturated rings. The van der Waals surface area contributed by atoms with Gasteiger partial charge in [-0.2, -0.15) is 5.10 Å². The van der Waals surface area contributed by atoms with E-state index in [-0.39, 0.29) is 5.52 Å². The summed E-state index contributed by atoms with van der Waals surface area (Å²) in [5.41, 5.74) is 1.44. The number of amides is 1. The van der Waals surface area contributed by atoms with E-state index in [2.05, 4.69) is 56.1 Å². The summed E-state index contributed by atoms with van der Waals surface area (Å²) in [5, 5.41) is 8.22. The monoisotopic (exact) mass is 462 g/mol. The van der Waals surface area contributed by atoms with E-state index in [1.54, 1.807) is 38.6 Å². The lowest BCUT2D eigenvalue weighted by Gasteiger charge is -2.43. The Kier molecular flexibility index (Phi) is 5.40. The first-order valence-corrected chi connectivity index (χ1v) is 11.2. The van der Waals surface area contributed by atoms with Crippen LogP contribution in [0.3, 0.4) is 0 Å². The number of rotatable bonds is 3. The summed E-state index contributed by atoms with van der Waals surface area (Å²) in [5.74, 6) is 0.413. The van der Waals surface area contributed by atoms with Crippen LogP contribution in [0.4, 0.5) is 15.9 Å². The molecular weight excluding hydrogens is 435 g/mol. The van der Waals surface area contributed by atoms with Crippen molar-refractivity contribution in [2.45, 2.75) is 32.9 Å². The first kappa shape index (κ1) is 22.1. The second kappa shape index (κ2) is 8.28. The summed E-state index contributed by atoms with van der Waals surface area (Å²) in [6.07, 6.45) is 4.98. The minimum atomic E-state index is -0.497. The average molecular weight is 463 g/mol. The van der Waals surface area contributed by atoms with Crippen LogP contribution in [0, 0.1) is 12.7 Å². The molecule has 10 heteroatoms. The van der Waals surface area contributed by atoms with Crippen LogP contribution < -0.4 is 10.2 Å². The van der Waals surface area contributed by atoms with Gasteiger partial charge in [-0.05, 0) is 40.0 Å². The fraction of sp³-hybridized carbons (Fsp3) is 0.375. The topological polar surface area (TPSA) is 92.1 Å². The molecule has 1 aromatic carbocycles. The van der Waals surface area contributed by atoms with Gasteiger partial charge in [0.15, 0.2) is 5.82 Å². The Hall–Kier alpha value is -3.66. The molecule has 1 amide bonds. The van der Waals surface area contributed by atoms with Crippen molar-refractivity contribution in [2.75, 3.05) is 30.4 Å². The third kappa shape index (κ3) is 3.83. The summed E-state index contributed by atoms with van der Waals surface area (Å²) in [6.45, 7) is 7.78. The summed E-state index contributed by atoms with van der Waals surface area (Å²) in [7, 11) is 3.85. The molecule has 0 unspecified atom stereocenters. The van der Waals surface area contributed by atoms with Crippen LogP contribution in [0.25, 0.3) is 21.8 Å². The number of benzene rings is 1. The Morgan fingerprint density at radius 2 is 1.82 bits per heavy atom. The van der Waals surface area contributed by atoms with Crippen molar-refractivity contribution in [1.82, 2.24) is 29.6 Å². The van der Waals surface area contributed by atoms with E-state index in [0.29, 0.717) is 40.1 Å². The molecule has 4 heterocycles. The maximum absolute atomic E-state index is 14.5. The Morgan fingerprint density at radius 3 is 2.56 bits per heavy atom. The second-order valence-electron chi connectivity index (χ2n) is 9.10. The number of piperazine rings is 1. The molecule has 0 spiro atoms. The van der Waals surface area contributed by atoms with Crippen LogP contribution in [0.2, 0.25) is 0 Å². The van der Waals surface area contributed by atoms with Crippen LogP contribution in [-0.4, -0.2) is 67.8 Å². The van der Waals surface area contributed by atoms with Crippen LogP contribution in [-0.2, 0) is 7.05 Å². The highest BCUT2D eigenvalue weighted by Gasteiger charge is 2.29. The number of pyridine rings is 1. The number of aromatic nitrogens is 5. The lowest BCUT2D eigenvalue weighted by molar-refractivity contribution is 0.102. The quantitative estimate of drug-likeness (QED) is 0.500. The molecule has 0 radical (unpaired) electrons. The molecule has 1 saturated heterocycles. The average Bonchev–Trinajstić information content (AvgIpc) is 3.17. The minimum Gasteiger partial charge on any atom is -0.353 e. The Morgan fingerprint density at radius 1 is 1.09 bits per heavy atom. The number of halogens is 1. The number of hydrogen-bond acceptors (Lipinski definition) is 7. The van der Waals surface area contributed by atoms with E-state index in [1.165, 1.54) is 10.7 Å². The van der Waals surface area contributed by atoms with Crippen LogP contribution in [0.15, 0.2) is 30.7 Å². The number of carbonyl (C=O) groups is 1. The van der Waals surface area contributed by atoms with E-state index < -0.39 is 11.7 Å². The maximum atomic E-state index is 14.5. The molecule has 1 N–H and O–H groups in total. The molecule has 0 saturated carbocycles. The highest BCUT2D eigenvalue weighted by Crippen LogP contribution is 2.29. The molecular formula is C24H27FN8O. The fourth-order valence-corrected chi connectivity index (χ4v) is 4.57. The fourth-order valence-electron chi connectivity index (χ4n) is 4.57. The Bertz CT molecular complexity index is 1410. The van der Waals surface area contributed by atoms with E-state index in [0.717, 1.165) is 24.3 Å². The SMILES string of the molecule is Cc1ncc2c(N3C[C@@H](C)N(C)[C@@H](C)C3)ncc(C(=O)Nc3cc(F)c4nn(C)cc4c3)c2n1. The van der Waals surface area contributed by atoms with E-state index in [4.69, 9.17) is 0 Å². The van der Waals surface area contributed by atoms with E-state index >= 15 is 0 Å². The maximum Gasteiger partial charge on any atom is 0.259 e. The lowest BCUT2D eigenvalue weighted by atomic mass is 10.1. The van der Waals surface area contributed by atoms with Gasteiger partial charge in [0.2, 0.25) is 0 Å². The number of anilines is 2. The molecule has 9 nitrogen and oxygen atoms in total. The number of nitrogens with zero attached hydrogens (tertiary/aromatic N) is 7. The number of aryl methyl sites for hydroxylation is 2. The largest absolute Gasteiger partial charge is 0.353 e. The first-order valence-electron chi connectivity index (χ1n) is 11.2. The number of fused-ring (bicyclic) bond motifs is 2. The highest BCUT2D eigenvalue weighted by molar-refractivity contribution is 6.13. The van der Waals surface area contributed by atoms with Gasteiger partial charge in [0.1, 0.15) is 17.2 Å². The zero-order valence-electron chi connectivity index (χ0n) is 19.9. The van der Waals surface area contributed by atoms with Crippen LogP contribution >= 0.6 is 0 Å². The van der Waals surface area contributed by atoms with Crippen molar-refractivity contribution < 1.29 is 9.18 Å². The van der Waals surface area contributed by atoms with Crippen LogP contribution in [0.5, 0.6) is 0 Å². The van der Waals surface area contributed by atoms with E-state index in [1.807, 2.05) is 0 Å². The molecule has 176 valence electrons. The molecule has 2 atom stereocenters. The molecule has 1 aliphatic rings. The van der Waals surface area contributed by atoms with Gasteiger partial charge in [-0.15, -0.1) is 0 Å². The molecule has 34 heavy (non-hydrogen) atoms. The van der Waals surface area contributed by atoms with Gasteiger partial charge in [-0.25, -0.2) is 19.3 Å². The van der Waals surface area contributed by atoms with E-state index in [9.17, 15) is 9.18 Å². The first-order chi connectivity index (χ1) is 16.2. The van der Waals surface area contributed by atoms with Gasteiger partial charge >= 0.3 is 0 Å². The smallest absolute Gasteiger partial charge is 0.259 e. The number of nitrogens with one attached hydrogen (secondary N) is 1. The van der Waals surface area contributed by atoms with Crippen molar-refractivity contribution in [3.63, 3.8) is 0 Å². The standard InChI is InChI=1S/C24H27FN8O/c1-13-10-33(11-14(2)32(13)5)23-18-8-26-15(3)28-22(18)19(9-27-23)24(34)29-17-6-16-12-31(4)30-21(16)20(25)7-17/h6-9,12-14H,10-11H2,1-5H3,(H,29,34)/t13-,14+. The van der Waals surface area contributed by atoms with Crippen molar-refractivity contribution in [2.24, 2.45) is 7.05 Å². The predicted octanol–water partition coefficient (Wildman–Crippen LogP) is 3.14. The van der Waals surface area contributed by atoms with Gasteiger partial charge in [-0.3, -0.25) is 14.4 Å². The van der Waals surface area contributed by atoms with Crippen molar-refractivity contribution in [1.29, 1.82) is 0 Å². The summed E-state index contributed by atoms with van der Waals surface area (Å²) >= 11 is 0. The third-order valence-electron chi connectivity index (χ3n) is 6.56. The zero-order valence-corrected chi connectivity index (χ0v) is 19.9. The molecule has 0 aliphatic carbocycles. The highest BCUT2D eigenvalue weighted by atomic mass is 19.1. The molecule has 3 aromatic heterocycles. The molecule has 4 aromatic rings. The van der Waals surface area contributed by atoms with Gasteiger partial charge in [-0.1, -0.05) is 0 Å². The van der Waals surface area contributed by atoms with Gasteiger partial charge in [0, 0.05) is 61.9 Å². The van der Waals surface area contributed by atoms with Gasteiger partial charge < -0.3 is 10.2 Å². The van der Waals surface area contributed by atoms with Crippen LogP contribution in [0.1, 0.15) is 30.0 Å². The predicted molar refractivity (Wildman–Crippen MR) is 130 cm³/mol. The van der Waals surface area contributed by atoms with Crippen molar-refractivity contribution in [3.05, 3.63) is 47.9 Å². The normalized spacial score (nSPS) is 19.2.